The van der Waals surface area contributed by atoms with Crippen molar-refractivity contribution in [2.75, 3.05) is 34.2 Å². The summed E-state index contributed by atoms with van der Waals surface area (Å²) in [5.74, 6) is 0.173. The second-order valence-corrected chi connectivity index (χ2v) is 8.08. The molecule has 0 unspecified atom stereocenters. The number of hydrogen-bond acceptors (Lipinski definition) is 11. The summed E-state index contributed by atoms with van der Waals surface area (Å²) in [7, 11) is 5.64. The highest BCUT2D eigenvalue weighted by molar-refractivity contribution is 5.93. The number of methoxy groups -OCH3 is 4. The average molecular weight is 553 g/mol. The largest absolute Gasteiger partial charge is 0.497 e. The lowest BCUT2D eigenvalue weighted by atomic mass is 10.2. The molecule has 2 N–H and O–H groups in total. The molecule has 0 aliphatic carbocycles. The molecule has 210 valence electrons. The van der Waals surface area contributed by atoms with E-state index in [0.29, 0.717) is 18.0 Å². The molecule has 0 radical (unpaired) electrons. The normalized spacial score (nSPS) is 10.2. The van der Waals surface area contributed by atoms with Gasteiger partial charge in [0.05, 0.1) is 58.3 Å². The molecule has 2 heterocycles. The van der Waals surface area contributed by atoms with Crippen LogP contribution >= 0.6 is 0 Å². The first-order chi connectivity index (χ1) is 19.2. The number of hydrogen-bond donors (Lipinski definition) is 1. The first-order valence-electron chi connectivity index (χ1n) is 11.7. The summed E-state index contributed by atoms with van der Waals surface area (Å²) in [4.78, 5) is 33.6. The fraction of sp³-hybridized carbons (Fsp3) is 0.231. The first-order valence-corrected chi connectivity index (χ1v) is 11.7. The van der Waals surface area contributed by atoms with Crippen molar-refractivity contribution >= 4 is 23.3 Å². The van der Waals surface area contributed by atoms with Crippen LogP contribution in [0.2, 0.25) is 0 Å². The lowest BCUT2D eigenvalue weighted by Gasteiger charge is -2.07. The minimum atomic E-state index is -0.798. The second-order valence-electron chi connectivity index (χ2n) is 8.08. The van der Waals surface area contributed by atoms with Crippen LogP contribution in [0.5, 0.6) is 11.5 Å². The molecule has 0 bridgehead atoms. The van der Waals surface area contributed by atoms with Crippen molar-refractivity contribution in [2.45, 2.75) is 13.1 Å². The minimum absolute atomic E-state index is 0.182. The number of carbonyl (C=O) groups excluding carboxylic acids is 2. The molecule has 4 aromatic rings. The van der Waals surface area contributed by atoms with E-state index in [-0.39, 0.29) is 23.6 Å². The zero-order valence-corrected chi connectivity index (χ0v) is 22.3. The molecule has 0 amide bonds. The van der Waals surface area contributed by atoms with Gasteiger partial charge < -0.3 is 24.7 Å². The number of esters is 2. The average Bonchev–Trinajstić information content (AvgIpc) is 3.56. The summed E-state index contributed by atoms with van der Waals surface area (Å²) in [5, 5.41) is 18.9. The Labute approximate surface area is 229 Å². The highest BCUT2D eigenvalue weighted by atomic mass is 16.6. The van der Waals surface area contributed by atoms with Gasteiger partial charge in [-0.2, -0.15) is 10.2 Å². The summed E-state index contributed by atoms with van der Waals surface area (Å²) < 4.78 is 22.2. The Morgan fingerprint density at radius 2 is 1.20 bits per heavy atom. The van der Waals surface area contributed by atoms with E-state index in [1.54, 1.807) is 38.5 Å². The number of aromatic nitrogens is 4. The van der Waals surface area contributed by atoms with Gasteiger partial charge in [0.15, 0.2) is 5.69 Å². The smallest absolute Gasteiger partial charge is 0.363 e. The zero-order chi connectivity index (χ0) is 29.2. The number of benzene rings is 2. The molecule has 0 aliphatic rings. The minimum Gasteiger partial charge on any atom is -0.497 e. The number of ether oxygens (including phenoxy) is 4. The summed E-state index contributed by atoms with van der Waals surface area (Å²) in [6.07, 6.45) is 2.48. The van der Waals surface area contributed by atoms with E-state index in [0.717, 1.165) is 30.2 Å². The molecule has 0 saturated carbocycles. The van der Waals surface area contributed by atoms with Gasteiger partial charge in [0.2, 0.25) is 5.69 Å². The Morgan fingerprint density at radius 1 is 0.775 bits per heavy atom. The van der Waals surface area contributed by atoms with Crippen LogP contribution in [0.4, 0.5) is 11.4 Å². The van der Waals surface area contributed by atoms with Crippen LogP contribution in [0.1, 0.15) is 32.1 Å². The Kier molecular flexibility index (Phi) is 9.78. The van der Waals surface area contributed by atoms with E-state index in [9.17, 15) is 19.7 Å². The van der Waals surface area contributed by atoms with Gasteiger partial charge in [0.25, 0.3) is 0 Å². The number of nitrogen functional groups attached to an aromatic ring is 1. The maximum atomic E-state index is 11.7. The zero-order valence-electron chi connectivity index (χ0n) is 22.3. The number of nitrogens with two attached hydrogens (primary N) is 1. The molecule has 0 aliphatic heterocycles. The number of rotatable bonds is 9. The standard InChI is InChI=1S/C13H13N3O5.C13H15N3O3/c1-20-10-5-3-9(4-6-10)8-15-12(13(17)21-2)11(7-14-15)16(18)19;1-18-10-5-3-9(4-6-10)8-16-12(13(17)19-2)11(14)7-15-16/h3-7H,8H2,1-2H3;3-7H,8,14H2,1-2H3. The van der Waals surface area contributed by atoms with Gasteiger partial charge in [-0.1, -0.05) is 24.3 Å². The fourth-order valence-corrected chi connectivity index (χ4v) is 3.58. The third-order valence-electron chi connectivity index (χ3n) is 5.62. The quantitative estimate of drug-likeness (QED) is 0.183. The van der Waals surface area contributed by atoms with Gasteiger partial charge in [0, 0.05) is 0 Å². The molecule has 40 heavy (non-hydrogen) atoms. The van der Waals surface area contributed by atoms with Crippen LogP contribution in [-0.4, -0.2) is 64.9 Å². The Bertz CT molecular complexity index is 1460. The summed E-state index contributed by atoms with van der Waals surface area (Å²) in [6, 6.07) is 14.6. The van der Waals surface area contributed by atoms with Crippen molar-refractivity contribution < 1.29 is 33.5 Å². The van der Waals surface area contributed by atoms with Crippen molar-refractivity contribution in [1.29, 1.82) is 0 Å². The number of carbonyl (C=O) groups is 2. The molecule has 2 aromatic heterocycles. The van der Waals surface area contributed by atoms with E-state index in [1.165, 1.54) is 22.7 Å². The maximum absolute atomic E-state index is 11.7. The summed E-state index contributed by atoms with van der Waals surface area (Å²) in [6.45, 7) is 0.647. The molecule has 0 spiro atoms. The third kappa shape index (κ3) is 6.92. The highest BCUT2D eigenvalue weighted by Crippen LogP contribution is 2.21. The molecule has 14 nitrogen and oxygen atoms in total. The molecule has 4 rings (SSSR count). The lowest BCUT2D eigenvalue weighted by molar-refractivity contribution is -0.385. The second kappa shape index (κ2) is 13.4. The van der Waals surface area contributed by atoms with Crippen molar-refractivity contribution in [3.8, 4) is 11.5 Å². The van der Waals surface area contributed by atoms with Crippen LogP contribution in [0.3, 0.4) is 0 Å². The topological polar surface area (TPSA) is 176 Å². The molecule has 0 saturated heterocycles. The van der Waals surface area contributed by atoms with Crippen molar-refractivity contribution in [3.63, 3.8) is 0 Å². The Morgan fingerprint density at radius 3 is 1.62 bits per heavy atom. The van der Waals surface area contributed by atoms with Crippen molar-refractivity contribution in [3.05, 3.63) is 93.6 Å². The molecule has 0 atom stereocenters. The number of anilines is 1. The van der Waals surface area contributed by atoms with Crippen LogP contribution in [0.15, 0.2) is 60.9 Å². The molecular formula is C26H28N6O8. The predicted octanol–water partition coefficient (Wildman–Crippen LogP) is 2.94. The Balaban J connectivity index is 0.000000222. The number of nitro groups is 1. The fourth-order valence-electron chi connectivity index (χ4n) is 3.58. The van der Waals surface area contributed by atoms with Gasteiger partial charge in [0.1, 0.15) is 17.7 Å². The van der Waals surface area contributed by atoms with Gasteiger partial charge >= 0.3 is 17.6 Å². The van der Waals surface area contributed by atoms with Crippen molar-refractivity contribution in [2.24, 2.45) is 0 Å². The van der Waals surface area contributed by atoms with E-state index < -0.39 is 16.9 Å². The number of nitrogens with zero attached hydrogens (tertiary/aromatic N) is 5. The lowest BCUT2D eigenvalue weighted by Crippen LogP contribution is -2.14. The Hall–Kier alpha value is -5.40. The van der Waals surface area contributed by atoms with Gasteiger partial charge in [-0.25, -0.2) is 14.3 Å². The highest BCUT2D eigenvalue weighted by Gasteiger charge is 2.27. The first kappa shape index (κ1) is 29.2. The van der Waals surface area contributed by atoms with E-state index >= 15 is 0 Å². The van der Waals surface area contributed by atoms with E-state index in [4.69, 9.17) is 19.9 Å². The van der Waals surface area contributed by atoms with Crippen molar-refractivity contribution in [1.82, 2.24) is 19.6 Å². The van der Waals surface area contributed by atoms with Crippen LogP contribution in [0.25, 0.3) is 0 Å². The molecular weight excluding hydrogens is 524 g/mol. The molecule has 2 aromatic carbocycles. The van der Waals surface area contributed by atoms with Crippen LogP contribution in [0, 0.1) is 10.1 Å². The molecule has 0 fully saturated rings. The summed E-state index contributed by atoms with van der Waals surface area (Å²) >= 11 is 0. The predicted molar refractivity (Wildman–Crippen MR) is 142 cm³/mol. The van der Waals surface area contributed by atoms with E-state index in [2.05, 4.69) is 14.9 Å². The monoisotopic (exact) mass is 552 g/mol. The third-order valence-corrected chi connectivity index (χ3v) is 5.62. The van der Waals surface area contributed by atoms with Crippen LogP contribution < -0.4 is 15.2 Å². The van der Waals surface area contributed by atoms with Crippen LogP contribution in [-0.2, 0) is 22.6 Å². The summed E-state index contributed by atoms with van der Waals surface area (Å²) in [5.41, 5.74) is 7.52. The van der Waals surface area contributed by atoms with Gasteiger partial charge in [-0.05, 0) is 35.4 Å². The van der Waals surface area contributed by atoms with E-state index in [1.807, 2.05) is 24.3 Å². The SMILES string of the molecule is COC(=O)c1c(N)cnn1Cc1ccc(OC)cc1.COC(=O)c1c([N+](=O)[O-])cnn1Cc1ccc(OC)cc1. The van der Waals surface area contributed by atoms with Gasteiger partial charge in [-0.3, -0.25) is 14.8 Å². The van der Waals surface area contributed by atoms with Gasteiger partial charge in [-0.15, -0.1) is 0 Å². The maximum Gasteiger partial charge on any atom is 0.363 e. The molecule has 14 heteroatoms.